The summed E-state index contributed by atoms with van der Waals surface area (Å²) in [5.74, 6) is 5.61. The van der Waals surface area contributed by atoms with E-state index in [2.05, 4.69) is 11.8 Å². The monoisotopic (exact) mass is 262 g/mol. The van der Waals surface area contributed by atoms with Crippen molar-refractivity contribution in [3.8, 4) is 17.6 Å². The van der Waals surface area contributed by atoms with Crippen molar-refractivity contribution in [2.24, 2.45) is 0 Å². The zero-order valence-corrected chi connectivity index (χ0v) is 10.3. The van der Waals surface area contributed by atoms with Crippen molar-refractivity contribution >= 4 is 11.3 Å². The van der Waals surface area contributed by atoms with Crippen LogP contribution < -0.4 is 4.74 Å². The maximum atomic E-state index is 13.0. The summed E-state index contributed by atoms with van der Waals surface area (Å²) >= 11 is 1.52. The highest BCUT2D eigenvalue weighted by molar-refractivity contribution is 7.10. The van der Waals surface area contributed by atoms with E-state index in [0.29, 0.717) is 12.4 Å². The van der Waals surface area contributed by atoms with Crippen molar-refractivity contribution in [2.75, 3.05) is 6.61 Å². The summed E-state index contributed by atoms with van der Waals surface area (Å²) in [6.07, 6.45) is 0. The average Bonchev–Trinajstić information content (AvgIpc) is 2.81. The highest BCUT2D eigenvalue weighted by Crippen LogP contribution is 2.19. The summed E-state index contributed by atoms with van der Waals surface area (Å²) < 4.78 is 18.4. The molecule has 0 aliphatic heterocycles. The second-order valence-corrected chi connectivity index (χ2v) is 4.46. The Morgan fingerprint density at radius 3 is 3.00 bits per heavy atom. The highest BCUT2D eigenvalue weighted by atomic mass is 32.1. The normalized spacial score (nSPS) is 9.67. The number of thiophene rings is 1. The minimum absolute atomic E-state index is 0.167. The fraction of sp³-hybridized carbons (Fsp3) is 0.143. The number of halogens is 1. The van der Waals surface area contributed by atoms with Gasteiger partial charge in [0.25, 0.3) is 0 Å². The number of aliphatic hydroxyl groups excluding tert-OH is 1. The highest BCUT2D eigenvalue weighted by Gasteiger charge is 2.03. The Balaban J connectivity index is 2.04. The molecule has 0 aliphatic rings. The molecule has 0 bridgehead atoms. The molecule has 0 radical (unpaired) electrons. The van der Waals surface area contributed by atoms with Crippen molar-refractivity contribution in [1.82, 2.24) is 0 Å². The molecule has 1 aromatic carbocycles. The third-order valence-electron chi connectivity index (χ3n) is 2.21. The number of rotatable bonds is 3. The van der Waals surface area contributed by atoms with E-state index in [4.69, 9.17) is 9.84 Å². The fourth-order valence-corrected chi connectivity index (χ4v) is 2.15. The Hall–Kier alpha value is -1.83. The zero-order chi connectivity index (χ0) is 12.8. The second-order valence-electron chi connectivity index (χ2n) is 3.46. The summed E-state index contributed by atoms with van der Waals surface area (Å²) in [5.41, 5.74) is 0.838. The van der Waals surface area contributed by atoms with Gasteiger partial charge in [-0.2, -0.15) is 0 Å². The fourth-order valence-electron chi connectivity index (χ4n) is 1.40. The number of hydrogen-bond donors (Lipinski definition) is 1. The second kappa shape index (κ2) is 6.20. The number of hydrogen-bond acceptors (Lipinski definition) is 3. The largest absolute Gasteiger partial charge is 0.488 e. The molecule has 2 nitrogen and oxygen atoms in total. The Morgan fingerprint density at radius 1 is 1.33 bits per heavy atom. The lowest BCUT2D eigenvalue weighted by Gasteiger charge is -2.04. The molecule has 0 spiro atoms. The SMILES string of the molecule is OCC#Cc1ccsc1COc1cccc(F)c1. The first kappa shape index (κ1) is 12.6. The van der Waals surface area contributed by atoms with Gasteiger partial charge in [0.15, 0.2) is 0 Å². The first-order chi connectivity index (χ1) is 8.79. The minimum Gasteiger partial charge on any atom is -0.488 e. The van der Waals surface area contributed by atoms with Gasteiger partial charge in [-0.15, -0.1) is 11.3 Å². The molecule has 2 aromatic rings. The van der Waals surface area contributed by atoms with Gasteiger partial charge in [-0.25, -0.2) is 4.39 Å². The molecule has 0 aliphatic carbocycles. The third kappa shape index (κ3) is 3.33. The quantitative estimate of drug-likeness (QED) is 0.862. The van der Waals surface area contributed by atoms with Crippen LogP contribution in [0.4, 0.5) is 4.39 Å². The van der Waals surface area contributed by atoms with Crippen LogP contribution in [0.15, 0.2) is 35.7 Å². The van der Waals surface area contributed by atoms with Crippen molar-refractivity contribution in [1.29, 1.82) is 0 Å². The van der Waals surface area contributed by atoms with E-state index in [-0.39, 0.29) is 12.4 Å². The van der Waals surface area contributed by atoms with Crippen LogP contribution >= 0.6 is 11.3 Å². The Bertz CT molecular complexity index is 581. The lowest BCUT2D eigenvalue weighted by molar-refractivity contribution is 0.308. The molecule has 0 saturated heterocycles. The Morgan fingerprint density at radius 2 is 2.22 bits per heavy atom. The smallest absolute Gasteiger partial charge is 0.126 e. The summed E-state index contributed by atoms with van der Waals surface area (Å²) in [5, 5.41) is 10.6. The molecule has 0 unspecified atom stereocenters. The van der Waals surface area contributed by atoms with Crippen molar-refractivity contribution in [3.05, 3.63) is 52.0 Å². The lowest BCUT2D eigenvalue weighted by Crippen LogP contribution is -1.95. The molecule has 1 N–H and O–H groups in total. The van der Waals surface area contributed by atoms with Crippen LogP contribution in [0.3, 0.4) is 0 Å². The lowest BCUT2D eigenvalue weighted by atomic mass is 10.2. The van der Waals surface area contributed by atoms with Crippen molar-refractivity contribution in [3.63, 3.8) is 0 Å². The maximum absolute atomic E-state index is 13.0. The predicted molar refractivity (Wildman–Crippen MR) is 69.0 cm³/mol. The van der Waals surface area contributed by atoms with Gasteiger partial charge in [0, 0.05) is 11.6 Å². The molecule has 1 heterocycles. The standard InChI is InChI=1S/C14H11FO2S/c15-12-4-1-5-13(9-12)17-10-14-11(3-2-7-16)6-8-18-14/h1,4-6,8-9,16H,7,10H2. The molecule has 18 heavy (non-hydrogen) atoms. The van der Waals surface area contributed by atoms with Crippen LogP contribution in [0, 0.1) is 17.7 Å². The molecule has 2 rings (SSSR count). The van der Waals surface area contributed by atoms with E-state index < -0.39 is 0 Å². The number of ether oxygens (including phenoxy) is 1. The molecule has 1 aromatic heterocycles. The van der Waals surface area contributed by atoms with E-state index >= 15 is 0 Å². The molecule has 92 valence electrons. The van der Waals surface area contributed by atoms with E-state index in [0.717, 1.165) is 10.4 Å². The van der Waals surface area contributed by atoms with Gasteiger partial charge < -0.3 is 9.84 Å². The van der Waals surface area contributed by atoms with Crippen LogP contribution in [0.5, 0.6) is 5.75 Å². The number of aliphatic hydroxyl groups is 1. The molecule has 0 fully saturated rings. The Labute approximate surface area is 109 Å². The summed E-state index contributed by atoms with van der Waals surface area (Å²) in [6.45, 7) is 0.177. The number of benzene rings is 1. The predicted octanol–water partition coefficient (Wildman–Crippen LogP) is 2.81. The third-order valence-corrected chi connectivity index (χ3v) is 3.11. The molecule has 0 saturated carbocycles. The topological polar surface area (TPSA) is 29.5 Å². The van der Waals surface area contributed by atoms with Gasteiger partial charge in [-0.05, 0) is 23.6 Å². The van der Waals surface area contributed by atoms with Crippen molar-refractivity contribution < 1.29 is 14.2 Å². The van der Waals surface area contributed by atoms with E-state index in [1.165, 1.54) is 23.5 Å². The van der Waals surface area contributed by atoms with Crippen LogP contribution in [0.1, 0.15) is 10.4 Å². The van der Waals surface area contributed by atoms with Crippen LogP contribution in [0.2, 0.25) is 0 Å². The molecular weight excluding hydrogens is 251 g/mol. The van der Waals surface area contributed by atoms with Gasteiger partial charge in [-0.1, -0.05) is 17.9 Å². The Kier molecular flexibility index (Phi) is 4.35. The molecular formula is C14H11FO2S. The van der Waals surface area contributed by atoms with Gasteiger partial charge in [0.1, 0.15) is 24.8 Å². The van der Waals surface area contributed by atoms with Gasteiger partial charge in [0.2, 0.25) is 0 Å². The first-order valence-corrected chi connectivity index (χ1v) is 6.22. The van der Waals surface area contributed by atoms with E-state index in [9.17, 15) is 4.39 Å². The maximum Gasteiger partial charge on any atom is 0.126 e. The van der Waals surface area contributed by atoms with Crippen LogP contribution in [-0.2, 0) is 6.61 Å². The van der Waals surface area contributed by atoms with Gasteiger partial charge in [0.05, 0.1) is 4.88 Å². The van der Waals surface area contributed by atoms with Crippen molar-refractivity contribution in [2.45, 2.75) is 6.61 Å². The average molecular weight is 262 g/mol. The summed E-state index contributed by atoms with van der Waals surface area (Å²) in [6, 6.07) is 7.89. The molecule has 0 amide bonds. The minimum atomic E-state index is -0.320. The molecule has 0 atom stereocenters. The van der Waals surface area contributed by atoms with Gasteiger partial charge >= 0.3 is 0 Å². The van der Waals surface area contributed by atoms with E-state index in [1.54, 1.807) is 12.1 Å². The summed E-state index contributed by atoms with van der Waals surface area (Å²) in [4.78, 5) is 0.959. The van der Waals surface area contributed by atoms with Crippen LogP contribution in [0.25, 0.3) is 0 Å². The van der Waals surface area contributed by atoms with E-state index in [1.807, 2.05) is 11.4 Å². The first-order valence-electron chi connectivity index (χ1n) is 5.34. The summed E-state index contributed by atoms with van der Waals surface area (Å²) in [7, 11) is 0. The zero-order valence-electron chi connectivity index (χ0n) is 9.52. The van der Waals surface area contributed by atoms with Gasteiger partial charge in [-0.3, -0.25) is 0 Å². The molecule has 4 heteroatoms. The van der Waals surface area contributed by atoms with Crippen LogP contribution in [-0.4, -0.2) is 11.7 Å².